The smallest absolute Gasteiger partial charge is 0.251 e. The highest BCUT2D eigenvalue weighted by molar-refractivity contribution is 6.05. The molecule has 0 bridgehead atoms. The van der Waals surface area contributed by atoms with E-state index in [1.54, 1.807) is 89.2 Å². The molecule has 0 unspecified atom stereocenters. The van der Waals surface area contributed by atoms with E-state index in [0.717, 1.165) is 91.2 Å². The Balaban J connectivity index is 0.00000628. The van der Waals surface area contributed by atoms with E-state index in [4.69, 9.17) is 0 Å². The van der Waals surface area contributed by atoms with Crippen LogP contribution in [0.4, 0.5) is 0 Å². The van der Waals surface area contributed by atoms with Gasteiger partial charge in [-0.25, -0.2) is 14.0 Å². The van der Waals surface area contributed by atoms with E-state index in [1.165, 1.54) is 18.2 Å². The standard InChI is InChI=1S/C96H132N24O12.3ClH/c1-55(97-13)82(121)106-79(94(4,5)6)91(130)115-52-67(46-76(115)88(127)103-73-34-22-28-58-25-16-19-31-70(58)73)118-49-64(109-112-118)37-40-100-85(124)61-43-62(86(125)101-41-38-65-50-119(113-110-65)68-47-77(89(128)104-74-35-23-29-59-26-17-20-32-71(59)74)116(53-68)92(131)80(95(7,8)9)107-83(122)56(2)98-14)45-63(44-61)87(126)102-42-39-66-51-120(114-111-66)69-48-78(90(129)105-75-36-24-30-60-27-18-21-33-72(60)75)117(54-69)93(132)81(96(10,11)12)108-84(123)57(3)99-15;;;/h16-21,25-27,31-33,43-45,49-51,55-57,67-69,73-81,97-99H,22-24,28-30,34-42,46-48,52-54H2,1-15H3,(H,100,124)(H,101,125)(H,102,126)(H,103,127)(H,104,128)(H,105,129)(H,106,121)(H,107,122)(H,108,123);3*1H/t55-,56-,57-,67-,68-,69-,73+,74+,75+,76-,77-,78-,79+,80+,81+;;;/m0.../s1. The quantitative estimate of drug-likeness (QED) is 0.0222. The van der Waals surface area contributed by atoms with Crippen molar-refractivity contribution in [2.75, 3.05) is 60.4 Å². The third kappa shape index (κ3) is 25.5. The van der Waals surface area contributed by atoms with Crippen LogP contribution in [0.2, 0.25) is 0 Å². The molecule has 3 fully saturated rings. The van der Waals surface area contributed by atoms with Gasteiger partial charge in [-0.05, 0) is 168 Å². The first-order chi connectivity index (χ1) is 62.9. The molecule has 135 heavy (non-hydrogen) atoms. The normalized spacial score (nSPS) is 21.0. The van der Waals surface area contributed by atoms with Crippen molar-refractivity contribution >= 4 is 108 Å². The first-order valence-corrected chi connectivity index (χ1v) is 46.6. The fourth-order valence-electron chi connectivity index (χ4n) is 18.7. The number of likely N-dealkylation sites (N-methyl/N-ethyl adjacent to an activating group) is 3. The summed E-state index contributed by atoms with van der Waals surface area (Å²) in [4.78, 5) is 178. The molecule has 6 heterocycles. The predicted molar refractivity (Wildman–Crippen MR) is 514 cm³/mol. The lowest BCUT2D eigenvalue weighted by molar-refractivity contribution is -0.144. The maximum Gasteiger partial charge on any atom is 0.251 e. The molecule has 0 saturated carbocycles. The maximum atomic E-state index is 15.0. The van der Waals surface area contributed by atoms with Crippen molar-refractivity contribution in [2.45, 2.75) is 270 Å². The second-order valence-corrected chi connectivity index (χ2v) is 39.5. The predicted octanol–water partition coefficient (Wildman–Crippen LogP) is 6.07. The molecule has 4 aromatic carbocycles. The van der Waals surface area contributed by atoms with Crippen molar-refractivity contribution < 1.29 is 57.5 Å². The third-order valence-electron chi connectivity index (χ3n) is 26.8. The Hall–Kier alpha value is -11.3. The largest absolute Gasteiger partial charge is 0.352 e. The first kappa shape index (κ1) is 106. The molecule has 13 rings (SSSR count). The summed E-state index contributed by atoms with van der Waals surface area (Å²) in [6.07, 6.45) is 13.6. The number of aryl methyl sites for hydroxylation is 3. The Morgan fingerprint density at radius 3 is 0.874 bits per heavy atom. The Kier molecular flexibility index (Phi) is 36.1. The zero-order valence-electron chi connectivity index (χ0n) is 79.9. The van der Waals surface area contributed by atoms with Gasteiger partial charge in [0.15, 0.2) is 0 Å². The van der Waals surface area contributed by atoms with Gasteiger partial charge in [-0.2, -0.15) is 0 Å². The van der Waals surface area contributed by atoms with Crippen LogP contribution < -0.4 is 63.8 Å². The Morgan fingerprint density at radius 1 is 0.378 bits per heavy atom. The summed E-state index contributed by atoms with van der Waals surface area (Å²) in [5, 5.41) is 63.2. The third-order valence-corrected chi connectivity index (χ3v) is 26.8. The van der Waals surface area contributed by atoms with Gasteiger partial charge in [0.1, 0.15) is 36.3 Å². The number of hydrogen-bond acceptors (Lipinski definition) is 21. The SMILES string of the molecule is CN[C@@H](C)C(=O)N[C@H](C(=O)N1C[C@@H](n2cc(CCNC(=O)c3cc(C(=O)NCCc4cn([C@H]5C[C@@H](C(=O)N[C@@H]6CCCc7ccccc76)N(C(=O)[C@@H](NC(=O)[C@H](C)NC)C(C)(C)C)C5)nn4)cc(C(=O)NCCc4cn([C@H]5C[C@@H](C(=O)N[C@@H]6CCCc7ccccc76)N(C(=O)[C@@H](NC(=O)[C@H](C)NC)C(C)(C)C)C5)nn4)c3)nn2)C[C@H]1C(=O)N[C@@H]1CCCc2ccccc21)C(C)(C)C.Cl.Cl.Cl. The van der Waals surface area contributed by atoms with Crippen LogP contribution >= 0.6 is 37.2 Å². The number of benzene rings is 4. The van der Waals surface area contributed by atoms with Crippen LogP contribution in [0.15, 0.2) is 110 Å². The van der Waals surface area contributed by atoms with E-state index in [0.29, 0.717) is 17.1 Å². The molecular weight excluding hydrogens is 1790 g/mol. The molecule has 3 aromatic heterocycles. The van der Waals surface area contributed by atoms with Gasteiger partial charge < -0.3 is 78.5 Å². The lowest BCUT2D eigenvalue weighted by Gasteiger charge is -2.36. The number of carbonyl (C=O) groups is 12. The number of nitrogens with one attached hydrogen (secondary N) is 12. The van der Waals surface area contributed by atoms with E-state index in [-0.39, 0.29) is 185 Å². The van der Waals surface area contributed by atoms with Gasteiger partial charge >= 0.3 is 0 Å². The molecule has 15 atom stereocenters. The Bertz CT molecular complexity index is 4870. The van der Waals surface area contributed by atoms with Crippen LogP contribution in [0.3, 0.4) is 0 Å². The van der Waals surface area contributed by atoms with Gasteiger partial charge in [0.05, 0.1) is 71.5 Å². The fourth-order valence-corrected chi connectivity index (χ4v) is 18.7. The lowest BCUT2D eigenvalue weighted by Crippen LogP contribution is -2.59. The molecule has 732 valence electrons. The lowest BCUT2D eigenvalue weighted by atomic mass is 9.85. The van der Waals surface area contributed by atoms with Crippen molar-refractivity contribution in [3.63, 3.8) is 0 Å². The first-order valence-electron chi connectivity index (χ1n) is 46.6. The number of nitrogens with zero attached hydrogens (tertiary/aromatic N) is 12. The summed E-state index contributed by atoms with van der Waals surface area (Å²) >= 11 is 0. The van der Waals surface area contributed by atoms with Crippen LogP contribution in [0.25, 0.3) is 0 Å². The van der Waals surface area contributed by atoms with Crippen molar-refractivity contribution in [1.82, 2.24) is 123 Å². The Morgan fingerprint density at radius 2 is 0.630 bits per heavy atom. The summed E-state index contributed by atoms with van der Waals surface area (Å²) in [5.41, 5.74) is 5.59. The molecule has 3 aliphatic carbocycles. The van der Waals surface area contributed by atoms with Crippen molar-refractivity contribution in [2.24, 2.45) is 16.2 Å². The summed E-state index contributed by atoms with van der Waals surface area (Å²) in [5.74, 6) is -5.27. The zero-order chi connectivity index (χ0) is 94.8. The summed E-state index contributed by atoms with van der Waals surface area (Å²) in [6.45, 7) is 22.1. The van der Waals surface area contributed by atoms with Crippen LogP contribution in [-0.4, -0.2) is 245 Å². The van der Waals surface area contributed by atoms with Crippen molar-refractivity contribution in [3.8, 4) is 0 Å². The van der Waals surface area contributed by atoms with Crippen LogP contribution in [-0.2, 0) is 81.7 Å². The maximum absolute atomic E-state index is 15.0. The van der Waals surface area contributed by atoms with Gasteiger partial charge in [0.2, 0.25) is 53.2 Å². The summed E-state index contributed by atoms with van der Waals surface area (Å²) < 4.78 is 4.86. The summed E-state index contributed by atoms with van der Waals surface area (Å²) in [7, 11) is 4.97. The number of halogens is 3. The molecule has 12 N–H and O–H groups in total. The molecule has 3 aliphatic heterocycles. The molecule has 6 aliphatic rings. The minimum Gasteiger partial charge on any atom is -0.352 e. The average Bonchev–Trinajstić information content (AvgIpc) is 1.64. The monoisotopic (exact) mass is 1920 g/mol. The average molecular weight is 1920 g/mol. The minimum atomic E-state index is -1.00. The van der Waals surface area contributed by atoms with E-state index in [1.807, 2.05) is 117 Å². The summed E-state index contributed by atoms with van der Waals surface area (Å²) in [6, 6.07) is 18.2. The van der Waals surface area contributed by atoms with Crippen molar-refractivity contribution in [1.29, 1.82) is 0 Å². The topological polar surface area (TPSA) is 451 Å². The van der Waals surface area contributed by atoms with Gasteiger partial charge in [-0.15, -0.1) is 52.5 Å². The minimum absolute atomic E-state index is 0. The van der Waals surface area contributed by atoms with Gasteiger partial charge in [-0.1, -0.05) is 151 Å². The highest BCUT2D eigenvalue weighted by Gasteiger charge is 2.51. The fraction of sp³-hybridized carbons (Fsp3) is 0.562. The van der Waals surface area contributed by atoms with Crippen LogP contribution in [0.1, 0.15) is 259 Å². The second kappa shape index (κ2) is 46.0. The highest BCUT2D eigenvalue weighted by Crippen LogP contribution is 2.39. The van der Waals surface area contributed by atoms with Crippen LogP contribution in [0, 0.1) is 16.2 Å². The molecule has 7 aromatic rings. The molecule has 0 radical (unpaired) electrons. The van der Waals surface area contributed by atoms with Gasteiger partial charge in [0.25, 0.3) is 17.7 Å². The molecule has 0 spiro atoms. The molecular formula is C96H135Cl3N24O12. The number of aromatic nitrogens is 9. The van der Waals surface area contributed by atoms with Crippen molar-refractivity contribution in [3.05, 3.63) is 177 Å². The van der Waals surface area contributed by atoms with E-state index < -0.39 is 124 Å². The van der Waals surface area contributed by atoms with Crippen LogP contribution in [0.5, 0.6) is 0 Å². The second-order valence-electron chi connectivity index (χ2n) is 39.5. The molecule has 3 saturated heterocycles. The van der Waals surface area contributed by atoms with E-state index in [9.17, 15) is 43.2 Å². The van der Waals surface area contributed by atoms with Gasteiger partial charge in [-0.3, -0.25) is 57.5 Å². The Labute approximate surface area is 807 Å². The number of fused-ring (bicyclic) bond motifs is 3. The van der Waals surface area contributed by atoms with E-state index >= 15 is 14.4 Å². The molecule has 12 amide bonds. The number of amides is 12. The number of rotatable bonds is 33. The number of hydrogen-bond donors (Lipinski definition) is 12. The molecule has 36 nitrogen and oxygen atoms in total. The highest BCUT2D eigenvalue weighted by atomic mass is 35.5. The van der Waals surface area contributed by atoms with E-state index in [2.05, 4.69) is 113 Å². The number of carbonyl (C=O) groups excluding carboxylic acids is 12. The number of likely N-dealkylation sites (tertiary alicyclic amines) is 3. The van der Waals surface area contributed by atoms with Gasteiger partial charge in [0, 0.05) is 113 Å². The zero-order valence-corrected chi connectivity index (χ0v) is 82.3. The molecule has 39 heteroatoms.